The lowest BCUT2D eigenvalue weighted by Gasteiger charge is -2.02. The van der Waals surface area contributed by atoms with Gasteiger partial charge in [-0.15, -0.1) is 0 Å². The summed E-state index contributed by atoms with van der Waals surface area (Å²) in [6, 6.07) is 8.77. The molecule has 3 rings (SSSR count). The molecule has 0 aliphatic carbocycles. The summed E-state index contributed by atoms with van der Waals surface area (Å²) in [5.74, 6) is -0.348. The van der Waals surface area contributed by atoms with Crippen LogP contribution in [0.4, 0.5) is 0 Å². The molecular formula is C15H13N3O3. The second kappa shape index (κ2) is 5.24. The molecule has 0 atom stereocenters. The van der Waals surface area contributed by atoms with Crippen molar-refractivity contribution >= 4 is 17.0 Å². The summed E-state index contributed by atoms with van der Waals surface area (Å²) in [7, 11) is 0. The lowest BCUT2D eigenvalue weighted by Crippen LogP contribution is -2.05. The molecule has 0 amide bonds. The van der Waals surface area contributed by atoms with E-state index in [4.69, 9.17) is 4.74 Å². The predicted octanol–water partition coefficient (Wildman–Crippen LogP) is 2.09. The highest BCUT2D eigenvalue weighted by atomic mass is 16.5. The van der Waals surface area contributed by atoms with Crippen molar-refractivity contribution < 1.29 is 9.53 Å². The summed E-state index contributed by atoms with van der Waals surface area (Å²) in [5.41, 5.74) is 2.94. The molecule has 6 nitrogen and oxygen atoms in total. The number of hydrogen-bond donors (Lipinski definition) is 2. The van der Waals surface area contributed by atoms with Gasteiger partial charge in [-0.25, -0.2) is 9.78 Å². The molecule has 2 N–H and O–H groups in total. The fourth-order valence-electron chi connectivity index (χ4n) is 2.11. The van der Waals surface area contributed by atoms with E-state index in [0.29, 0.717) is 23.2 Å². The largest absolute Gasteiger partial charge is 0.462 e. The Morgan fingerprint density at radius 2 is 2.05 bits per heavy atom. The highest BCUT2D eigenvalue weighted by Gasteiger charge is 2.09. The second-order valence-electron chi connectivity index (χ2n) is 4.47. The van der Waals surface area contributed by atoms with Crippen LogP contribution in [0.15, 0.2) is 41.5 Å². The summed E-state index contributed by atoms with van der Waals surface area (Å²) in [6.45, 7) is 2.11. The molecule has 1 aromatic carbocycles. The zero-order chi connectivity index (χ0) is 14.8. The molecule has 0 spiro atoms. The minimum absolute atomic E-state index is 0.214. The summed E-state index contributed by atoms with van der Waals surface area (Å²) < 4.78 is 4.94. The van der Waals surface area contributed by atoms with E-state index < -0.39 is 0 Å². The Bertz CT molecular complexity index is 846. The smallest absolute Gasteiger partial charge is 0.338 e. The van der Waals surface area contributed by atoms with Crippen molar-refractivity contribution in [3.05, 3.63) is 52.6 Å². The molecule has 2 aromatic heterocycles. The van der Waals surface area contributed by atoms with Crippen LogP contribution in [0.5, 0.6) is 0 Å². The van der Waals surface area contributed by atoms with Crippen LogP contribution in [0.1, 0.15) is 17.3 Å². The van der Waals surface area contributed by atoms with Crippen molar-refractivity contribution in [2.45, 2.75) is 6.92 Å². The molecule has 106 valence electrons. The number of ether oxygens (including phenoxy) is 1. The third-order valence-corrected chi connectivity index (χ3v) is 3.13. The van der Waals surface area contributed by atoms with Crippen molar-refractivity contribution in [2.75, 3.05) is 6.61 Å². The Morgan fingerprint density at radius 3 is 2.71 bits per heavy atom. The van der Waals surface area contributed by atoms with Gasteiger partial charge in [0.1, 0.15) is 5.52 Å². The number of nitrogens with one attached hydrogen (secondary N) is 2. The van der Waals surface area contributed by atoms with Gasteiger partial charge < -0.3 is 14.7 Å². The van der Waals surface area contributed by atoms with Crippen LogP contribution in [0.2, 0.25) is 0 Å². The molecule has 21 heavy (non-hydrogen) atoms. The first-order valence-corrected chi connectivity index (χ1v) is 6.53. The third kappa shape index (κ3) is 2.43. The number of carbonyl (C=O) groups excluding carboxylic acids is 1. The molecule has 0 unspecified atom stereocenters. The minimum atomic E-state index is -0.348. The van der Waals surface area contributed by atoms with E-state index in [1.54, 1.807) is 37.3 Å². The maximum atomic E-state index is 11.7. The molecule has 0 fully saturated rings. The number of H-pyrrole nitrogens is 2. The van der Waals surface area contributed by atoms with E-state index in [0.717, 1.165) is 11.3 Å². The summed E-state index contributed by atoms with van der Waals surface area (Å²) in [5, 5.41) is 0. The first-order chi connectivity index (χ1) is 10.2. The minimum Gasteiger partial charge on any atom is -0.462 e. The van der Waals surface area contributed by atoms with Gasteiger partial charge in [0.15, 0.2) is 0 Å². The number of esters is 1. The highest BCUT2D eigenvalue weighted by Crippen LogP contribution is 2.21. The van der Waals surface area contributed by atoms with Crippen molar-refractivity contribution in [1.82, 2.24) is 15.0 Å². The summed E-state index contributed by atoms with van der Waals surface area (Å²) in [6.07, 6.45) is 1.37. The molecule has 0 saturated carbocycles. The van der Waals surface area contributed by atoms with Crippen molar-refractivity contribution in [2.24, 2.45) is 0 Å². The lowest BCUT2D eigenvalue weighted by atomic mass is 10.1. The van der Waals surface area contributed by atoms with Crippen LogP contribution in [0.3, 0.4) is 0 Å². The number of aromatic nitrogens is 3. The topological polar surface area (TPSA) is 87.8 Å². The van der Waals surface area contributed by atoms with Crippen LogP contribution in [-0.4, -0.2) is 27.5 Å². The molecule has 0 radical (unpaired) electrons. The number of nitrogens with zero attached hydrogens (tertiary/aromatic N) is 1. The van der Waals surface area contributed by atoms with Crippen LogP contribution in [0.25, 0.3) is 22.3 Å². The van der Waals surface area contributed by atoms with Crippen LogP contribution < -0.4 is 5.56 Å². The first-order valence-electron chi connectivity index (χ1n) is 6.53. The number of rotatable bonds is 3. The third-order valence-electron chi connectivity index (χ3n) is 3.13. The zero-order valence-corrected chi connectivity index (χ0v) is 11.3. The Hall–Kier alpha value is -2.89. The Kier molecular flexibility index (Phi) is 3.27. The van der Waals surface area contributed by atoms with E-state index in [1.807, 2.05) is 0 Å². The number of fused-ring (bicyclic) bond motifs is 1. The van der Waals surface area contributed by atoms with Gasteiger partial charge in [0.05, 0.1) is 24.0 Å². The van der Waals surface area contributed by atoms with E-state index in [2.05, 4.69) is 15.0 Å². The Balaban J connectivity index is 1.97. The second-order valence-corrected chi connectivity index (χ2v) is 4.47. The maximum Gasteiger partial charge on any atom is 0.338 e. The van der Waals surface area contributed by atoms with Gasteiger partial charge >= 0.3 is 5.97 Å². The van der Waals surface area contributed by atoms with Gasteiger partial charge in [-0.1, -0.05) is 12.1 Å². The standard InChI is InChI=1S/C15H13N3O3/c1-2-21-15(20)10-5-3-9(4-6-10)11-7-12-13(18-11)14(19)17-8-16-12/h3-8,18H,2H2,1H3,(H,16,17,19). The predicted molar refractivity (Wildman–Crippen MR) is 78.1 cm³/mol. The van der Waals surface area contributed by atoms with Crippen LogP contribution >= 0.6 is 0 Å². The fraction of sp³-hybridized carbons (Fsp3) is 0.133. The normalized spacial score (nSPS) is 10.7. The van der Waals surface area contributed by atoms with E-state index in [1.165, 1.54) is 6.33 Å². The quantitative estimate of drug-likeness (QED) is 0.720. The molecular weight excluding hydrogens is 270 g/mol. The van der Waals surface area contributed by atoms with E-state index in [9.17, 15) is 9.59 Å². The van der Waals surface area contributed by atoms with Crippen LogP contribution in [-0.2, 0) is 4.74 Å². The highest BCUT2D eigenvalue weighted by molar-refractivity contribution is 5.90. The van der Waals surface area contributed by atoms with Crippen molar-refractivity contribution in [1.29, 1.82) is 0 Å². The number of hydrogen-bond acceptors (Lipinski definition) is 4. The first kappa shape index (κ1) is 13.1. The fourth-order valence-corrected chi connectivity index (χ4v) is 2.11. The van der Waals surface area contributed by atoms with Crippen molar-refractivity contribution in [3.63, 3.8) is 0 Å². The van der Waals surface area contributed by atoms with Gasteiger partial charge in [0.2, 0.25) is 0 Å². The average molecular weight is 283 g/mol. The molecule has 0 bridgehead atoms. The lowest BCUT2D eigenvalue weighted by molar-refractivity contribution is 0.0526. The average Bonchev–Trinajstić information content (AvgIpc) is 2.93. The number of benzene rings is 1. The van der Waals surface area contributed by atoms with E-state index in [-0.39, 0.29) is 11.5 Å². The summed E-state index contributed by atoms with van der Waals surface area (Å²) in [4.78, 5) is 32.9. The molecule has 0 aliphatic heterocycles. The summed E-state index contributed by atoms with van der Waals surface area (Å²) >= 11 is 0. The van der Waals surface area contributed by atoms with Gasteiger partial charge in [-0.3, -0.25) is 4.79 Å². The molecule has 0 saturated heterocycles. The SMILES string of the molecule is CCOC(=O)c1ccc(-c2cc3nc[nH]c(=O)c3[nH]2)cc1. The van der Waals surface area contributed by atoms with E-state index >= 15 is 0 Å². The molecule has 0 aliphatic rings. The number of carbonyl (C=O) groups is 1. The maximum absolute atomic E-state index is 11.7. The Morgan fingerprint density at radius 1 is 1.29 bits per heavy atom. The number of aromatic amines is 2. The van der Waals surface area contributed by atoms with Gasteiger partial charge in [0, 0.05) is 5.69 Å². The van der Waals surface area contributed by atoms with Crippen molar-refractivity contribution in [3.8, 4) is 11.3 Å². The zero-order valence-electron chi connectivity index (χ0n) is 11.3. The molecule has 6 heteroatoms. The van der Waals surface area contributed by atoms with Gasteiger partial charge in [-0.2, -0.15) is 0 Å². The molecule has 3 aromatic rings. The van der Waals surface area contributed by atoms with Gasteiger partial charge in [0.25, 0.3) is 5.56 Å². The Labute approximate surface area is 119 Å². The monoisotopic (exact) mass is 283 g/mol. The molecule has 2 heterocycles. The van der Waals surface area contributed by atoms with Gasteiger partial charge in [-0.05, 0) is 30.7 Å². The van der Waals surface area contributed by atoms with Crippen LogP contribution in [0, 0.1) is 0 Å².